The zero-order valence-corrected chi connectivity index (χ0v) is 24.1. The van der Waals surface area contributed by atoms with Gasteiger partial charge in [-0.2, -0.15) is 26.3 Å². The molecular weight excluding hydrogens is 616 g/mol. The molecule has 1 amide bonds. The number of rotatable bonds is 7. The van der Waals surface area contributed by atoms with E-state index in [0.717, 1.165) is 32.0 Å². The van der Waals surface area contributed by atoms with Gasteiger partial charge in [0.05, 0.1) is 10.5 Å². The van der Waals surface area contributed by atoms with Crippen molar-refractivity contribution in [1.82, 2.24) is 4.90 Å². The Labute approximate surface area is 249 Å². The molecule has 1 aliphatic rings. The van der Waals surface area contributed by atoms with Crippen LogP contribution in [0.15, 0.2) is 65.6 Å². The monoisotopic (exact) mass is 645 g/mol. The number of aliphatic carboxylic acids is 1. The van der Waals surface area contributed by atoms with Crippen LogP contribution >= 0.6 is 0 Å². The third kappa shape index (κ3) is 9.27. The Morgan fingerprint density at radius 2 is 1.55 bits per heavy atom. The molecule has 15 heteroatoms. The molecule has 4 N–H and O–H groups in total. The molecule has 3 aromatic carbocycles. The van der Waals surface area contributed by atoms with E-state index >= 15 is 0 Å². The number of halogens is 6. The van der Waals surface area contributed by atoms with Crippen molar-refractivity contribution in [1.29, 1.82) is 0 Å². The second-order valence-corrected chi connectivity index (χ2v) is 11.5. The molecule has 0 saturated carbocycles. The molecule has 0 aromatic heterocycles. The fourth-order valence-electron chi connectivity index (χ4n) is 4.70. The highest BCUT2D eigenvalue weighted by Gasteiger charge is 2.38. The molecule has 44 heavy (non-hydrogen) atoms. The number of carbonyl (C=O) groups excluding carboxylic acids is 1. The Kier molecular flexibility index (Phi) is 10.8. The minimum absolute atomic E-state index is 0.0686. The summed E-state index contributed by atoms with van der Waals surface area (Å²) in [5, 5.41) is 15.1. The summed E-state index contributed by atoms with van der Waals surface area (Å²) in [5.41, 5.74) is 1.55. The highest BCUT2D eigenvalue weighted by atomic mass is 32.2. The number of sulfonamides is 1. The van der Waals surface area contributed by atoms with Gasteiger partial charge in [-0.05, 0) is 97.9 Å². The summed E-state index contributed by atoms with van der Waals surface area (Å²) in [5.74, 6) is -3.23. The van der Waals surface area contributed by atoms with Crippen molar-refractivity contribution >= 4 is 27.6 Å². The molecule has 1 aliphatic heterocycles. The molecule has 8 nitrogen and oxygen atoms in total. The smallest absolute Gasteiger partial charge is 0.475 e. The van der Waals surface area contributed by atoms with E-state index < -0.39 is 39.8 Å². The quantitative estimate of drug-likeness (QED) is 0.277. The first-order chi connectivity index (χ1) is 20.4. The zero-order chi connectivity index (χ0) is 32.9. The van der Waals surface area contributed by atoms with Crippen molar-refractivity contribution < 1.29 is 49.5 Å². The molecule has 4 rings (SSSR count). The SMILES string of the molecule is Cc1cc(C(=O)Nc2ccc(-c3ccccc3C(F)(F)F)c(CCN3CCCC3)c2)ccc1S(N)(=O)=O.O=C(O)C(F)(F)F. The molecule has 0 unspecified atom stereocenters. The number of hydrogen-bond donors (Lipinski definition) is 3. The highest BCUT2D eigenvalue weighted by molar-refractivity contribution is 7.89. The minimum atomic E-state index is -5.08. The van der Waals surface area contributed by atoms with Crippen LogP contribution in [0.3, 0.4) is 0 Å². The predicted molar refractivity (Wildman–Crippen MR) is 150 cm³/mol. The number of amides is 1. The largest absolute Gasteiger partial charge is 0.490 e. The molecule has 3 aromatic rings. The number of nitrogens with zero attached hydrogens (tertiary/aromatic N) is 1. The Morgan fingerprint density at radius 3 is 2.09 bits per heavy atom. The molecule has 0 atom stereocenters. The summed E-state index contributed by atoms with van der Waals surface area (Å²) in [6.07, 6.45) is -6.86. The first kappa shape index (κ1) is 34.5. The fourth-order valence-corrected chi connectivity index (χ4v) is 5.47. The number of alkyl halides is 6. The summed E-state index contributed by atoms with van der Waals surface area (Å²) in [7, 11) is -3.91. The van der Waals surface area contributed by atoms with Gasteiger partial charge in [-0.1, -0.05) is 24.3 Å². The second kappa shape index (κ2) is 13.8. The maximum Gasteiger partial charge on any atom is 0.490 e. The van der Waals surface area contributed by atoms with Crippen molar-refractivity contribution in [3.63, 3.8) is 0 Å². The maximum atomic E-state index is 13.8. The van der Waals surface area contributed by atoms with Gasteiger partial charge >= 0.3 is 18.3 Å². The second-order valence-electron chi connectivity index (χ2n) is 10.00. The van der Waals surface area contributed by atoms with E-state index in [9.17, 15) is 39.6 Å². The van der Waals surface area contributed by atoms with Crippen LogP contribution < -0.4 is 10.5 Å². The van der Waals surface area contributed by atoms with Crippen LogP contribution in [-0.4, -0.2) is 56.1 Å². The summed E-state index contributed by atoms with van der Waals surface area (Å²) in [6.45, 7) is 4.16. The number of aryl methyl sites for hydroxylation is 1. The van der Waals surface area contributed by atoms with Gasteiger partial charge < -0.3 is 15.3 Å². The molecular formula is C29H29F6N3O5S. The van der Waals surface area contributed by atoms with Crippen molar-refractivity contribution in [2.24, 2.45) is 5.14 Å². The van der Waals surface area contributed by atoms with Crippen LogP contribution in [0.2, 0.25) is 0 Å². The van der Waals surface area contributed by atoms with Gasteiger partial charge in [-0.15, -0.1) is 0 Å². The number of benzene rings is 3. The van der Waals surface area contributed by atoms with E-state index in [-0.39, 0.29) is 16.0 Å². The van der Waals surface area contributed by atoms with Gasteiger partial charge in [-0.25, -0.2) is 18.4 Å². The van der Waals surface area contributed by atoms with Crippen LogP contribution in [-0.2, 0) is 27.4 Å². The Balaban J connectivity index is 0.000000676. The van der Waals surface area contributed by atoms with E-state index in [2.05, 4.69) is 10.2 Å². The maximum absolute atomic E-state index is 13.8. The van der Waals surface area contributed by atoms with E-state index in [1.165, 1.54) is 30.3 Å². The molecule has 0 radical (unpaired) electrons. The number of likely N-dealkylation sites (tertiary alicyclic amines) is 1. The molecule has 1 saturated heterocycles. The summed E-state index contributed by atoms with van der Waals surface area (Å²) in [6, 6.07) is 14.4. The van der Waals surface area contributed by atoms with Gasteiger partial charge in [0.1, 0.15) is 0 Å². The third-order valence-electron chi connectivity index (χ3n) is 6.77. The van der Waals surface area contributed by atoms with Crippen molar-refractivity contribution in [2.45, 2.75) is 43.4 Å². The number of carbonyl (C=O) groups is 2. The number of nitrogens with two attached hydrogens (primary N) is 1. The molecule has 0 bridgehead atoms. The van der Waals surface area contributed by atoms with Crippen molar-refractivity contribution in [2.75, 3.05) is 25.0 Å². The number of primary sulfonamides is 1. The Hall–Kier alpha value is -3.95. The first-order valence-electron chi connectivity index (χ1n) is 13.1. The molecule has 1 fully saturated rings. The molecule has 0 aliphatic carbocycles. The van der Waals surface area contributed by atoms with Gasteiger partial charge in [0.25, 0.3) is 5.91 Å². The average Bonchev–Trinajstić information content (AvgIpc) is 3.44. The lowest BCUT2D eigenvalue weighted by molar-refractivity contribution is -0.192. The van der Waals surface area contributed by atoms with Crippen molar-refractivity contribution in [3.8, 4) is 11.1 Å². The van der Waals surface area contributed by atoms with Gasteiger partial charge in [-0.3, -0.25) is 4.79 Å². The average molecular weight is 646 g/mol. The molecule has 1 heterocycles. The van der Waals surface area contributed by atoms with E-state index in [1.54, 1.807) is 31.2 Å². The lowest BCUT2D eigenvalue weighted by atomic mass is 9.93. The van der Waals surface area contributed by atoms with E-state index in [1.807, 2.05) is 0 Å². The summed E-state index contributed by atoms with van der Waals surface area (Å²) >= 11 is 0. The van der Waals surface area contributed by atoms with Crippen LogP contribution in [0.1, 0.15) is 39.9 Å². The lowest BCUT2D eigenvalue weighted by Crippen LogP contribution is -2.22. The molecule has 0 spiro atoms. The van der Waals surface area contributed by atoms with E-state index in [4.69, 9.17) is 15.0 Å². The zero-order valence-electron chi connectivity index (χ0n) is 23.3. The minimum Gasteiger partial charge on any atom is -0.475 e. The van der Waals surface area contributed by atoms with Gasteiger partial charge in [0, 0.05) is 17.8 Å². The van der Waals surface area contributed by atoms with Gasteiger partial charge in [0.15, 0.2) is 0 Å². The first-order valence-corrected chi connectivity index (χ1v) is 14.7. The number of carboxylic acids is 1. The van der Waals surface area contributed by atoms with Crippen LogP contribution in [0.5, 0.6) is 0 Å². The normalized spacial score (nSPS) is 14.1. The van der Waals surface area contributed by atoms with Crippen LogP contribution in [0.25, 0.3) is 11.1 Å². The standard InChI is InChI=1S/C27H28F3N3O3S.C2HF3O2/c1-18-16-20(8-11-25(18)37(31,35)36)26(34)32-21-9-10-22(19(17-21)12-15-33-13-4-5-14-33)23-6-2-3-7-24(23)27(28,29)30;3-2(4,5)1(6)7/h2-3,6-11,16-17H,4-5,12-15H2,1H3,(H,32,34)(H2,31,35,36);(H,6,7). The molecule has 238 valence electrons. The highest BCUT2D eigenvalue weighted by Crippen LogP contribution is 2.39. The number of nitrogens with one attached hydrogen (secondary N) is 1. The summed E-state index contributed by atoms with van der Waals surface area (Å²) in [4.78, 5) is 24.0. The fraction of sp³-hybridized carbons (Fsp3) is 0.310. The van der Waals surface area contributed by atoms with Crippen LogP contribution in [0, 0.1) is 6.92 Å². The Morgan fingerprint density at radius 1 is 0.932 bits per heavy atom. The summed E-state index contributed by atoms with van der Waals surface area (Å²) < 4.78 is 96.3. The van der Waals surface area contributed by atoms with E-state index in [0.29, 0.717) is 35.3 Å². The predicted octanol–water partition coefficient (Wildman–Crippen LogP) is 5.85. The third-order valence-corrected chi connectivity index (χ3v) is 7.84. The topological polar surface area (TPSA) is 130 Å². The number of carboxylic acid groups (broad SMARTS) is 1. The van der Waals surface area contributed by atoms with Gasteiger partial charge in [0.2, 0.25) is 10.0 Å². The van der Waals surface area contributed by atoms with Crippen molar-refractivity contribution in [3.05, 3.63) is 82.9 Å². The number of hydrogen-bond acceptors (Lipinski definition) is 5. The van der Waals surface area contributed by atoms with Crippen LogP contribution in [0.4, 0.5) is 32.0 Å². The number of anilines is 1. The Bertz CT molecular complexity index is 1620. The lowest BCUT2D eigenvalue weighted by Gasteiger charge is -2.19.